The third-order valence-corrected chi connectivity index (χ3v) is 4.28. The zero-order chi connectivity index (χ0) is 14.8. The standard InChI is InChI=1S/C16H28N2O2/c1-16(2,3)15(20)14(19)11-12-9-10-18(17-12)13-7-5-4-6-8-13/h9-10,13-15,19-20H,4-8,11H2,1-3H3. The molecule has 1 aromatic heterocycles. The lowest BCUT2D eigenvalue weighted by molar-refractivity contribution is -0.0438. The van der Waals surface area contributed by atoms with Gasteiger partial charge < -0.3 is 10.2 Å². The SMILES string of the molecule is CC(C)(C)C(O)C(O)Cc1ccn(C2CCCCC2)n1. The molecule has 2 N–H and O–H groups in total. The highest BCUT2D eigenvalue weighted by Gasteiger charge is 2.29. The summed E-state index contributed by atoms with van der Waals surface area (Å²) in [6.45, 7) is 5.80. The molecule has 1 aliphatic carbocycles. The minimum Gasteiger partial charge on any atom is -0.390 e. The van der Waals surface area contributed by atoms with Crippen LogP contribution in [-0.2, 0) is 6.42 Å². The Morgan fingerprint density at radius 2 is 1.90 bits per heavy atom. The lowest BCUT2D eigenvalue weighted by atomic mass is 9.84. The van der Waals surface area contributed by atoms with Crippen molar-refractivity contribution in [2.45, 2.75) is 77.5 Å². The van der Waals surface area contributed by atoms with Gasteiger partial charge in [-0.3, -0.25) is 4.68 Å². The molecule has 20 heavy (non-hydrogen) atoms. The molecule has 0 bridgehead atoms. The highest BCUT2D eigenvalue weighted by molar-refractivity contribution is 5.03. The van der Waals surface area contributed by atoms with Crippen molar-refractivity contribution >= 4 is 0 Å². The fourth-order valence-electron chi connectivity index (χ4n) is 2.94. The van der Waals surface area contributed by atoms with Crippen molar-refractivity contribution < 1.29 is 10.2 Å². The van der Waals surface area contributed by atoms with E-state index in [2.05, 4.69) is 5.10 Å². The summed E-state index contributed by atoms with van der Waals surface area (Å²) in [5.74, 6) is 0. The van der Waals surface area contributed by atoms with Gasteiger partial charge in [-0.2, -0.15) is 5.10 Å². The summed E-state index contributed by atoms with van der Waals surface area (Å²) in [5.41, 5.74) is 0.553. The third kappa shape index (κ3) is 3.83. The van der Waals surface area contributed by atoms with E-state index in [9.17, 15) is 10.2 Å². The average Bonchev–Trinajstić information content (AvgIpc) is 2.86. The van der Waals surface area contributed by atoms with Gasteiger partial charge in [0.1, 0.15) is 0 Å². The zero-order valence-electron chi connectivity index (χ0n) is 12.9. The smallest absolute Gasteiger partial charge is 0.0860 e. The lowest BCUT2D eigenvalue weighted by Gasteiger charge is -2.29. The van der Waals surface area contributed by atoms with E-state index in [0.717, 1.165) is 5.69 Å². The van der Waals surface area contributed by atoms with Gasteiger partial charge in [-0.15, -0.1) is 0 Å². The van der Waals surface area contributed by atoms with E-state index in [1.165, 1.54) is 32.1 Å². The molecule has 1 fully saturated rings. The molecule has 1 aliphatic rings. The van der Waals surface area contributed by atoms with Crippen molar-refractivity contribution in [2.75, 3.05) is 0 Å². The summed E-state index contributed by atoms with van der Waals surface area (Å²) < 4.78 is 2.05. The van der Waals surface area contributed by atoms with Gasteiger partial charge >= 0.3 is 0 Å². The van der Waals surface area contributed by atoms with Crippen molar-refractivity contribution in [2.24, 2.45) is 5.41 Å². The summed E-state index contributed by atoms with van der Waals surface area (Å²) in [4.78, 5) is 0. The van der Waals surface area contributed by atoms with E-state index in [0.29, 0.717) is 12.5 Å². The van der Waals surface area contributed by atoms with Crippen molar-refractivity contribution in [1.29, 1.82) is 0 Å². The monoisotopic (exact) mass is 280 g/mol. The molecule has 1 saturated carbocycles. The van der Waals surface area contributed by atoms with Crippen LogP contribution in [0, 0.1) is 5.41 Å². The quantitative estimate of drug-likeness (QED) is 0.891. The van der Waals surface area contributed by atoms with Crippen molar-refractivity contribution in [1.82, 2.24) is 9.78 Å². The number of aliphatic hydroxyl groups is 2. The summed E-state index contributed by atoms with van der Waals surface area (Å²) in [6.07, 6.45) is 7.24. The molecule has 0 spiro atoms. The zero-order valence-corrected chi connectivity index (χ0v) is 12.9. The Bertz CT molecular complexity index is 416. The number of rotatable bonds is 4. The summed E-state index contributed by atoms with van der Waals surface area (Å²) in [7, 11) is 0. The van der Waals surface area contributed by atoms with Crippen LogP contribution in [0.2, 0.25) is 0 Å². The van der Waals surface area contributed by atoms with Crippen LogP contribution < -0.4 is 0 Å². The van der Waals surface area contributed by atoms with E-state index in [-0.39, 0.29) is 5.41 Å². The Hall–Kier alpha value is -0.870. The minimum atomic E-state index is -0.760. The van der Waals surface area contributed by atoms with Crippen molar-refractivity contribution in [3.05, 3.63) is 18.0 Å². The Morgan fingerprint density at radius 3 is 2.50 bits per heavy atom. The molecule has 0 saturated heterocycles. The van der Waals surface area contributed by atoms with Crippen LogP contribution in [0.3, 0.4) is 0 Å². The lowest BCUT2D eigenvalue weighted by Crippen LogP contribution is -2.39. The normalized spacial score (nSPS) is 20.9. The number of aliphatic hydroxyl groups excluding tert-OH is 2. The second kappa shape index (κ2) is 6.27. The first-order valence-corrected chi connectivity index (χ1v) is 7.78. The van der Waals surface area contributed by atoms with E-state index < -0.39 is 12.2 Å². The van der Waals surface area contributed by atoms with Crippen LogP contribution >= 0.6 is 0 Å². The largest absolute Gasteiger partial charge is 0.390 e. The van der Waals surface area contributed by atoms with Gasteiger partial charge in [-0.05, 0) is 24.3 Å². The molecular formula is C16H28N2O2. The van der Waals surface area contributed by atoms with Gasteiger partial charge in [0, 0.05) is 12.6 Å². The Balaban J connectivity index is 1.95. The average molecular weight is 280 g/mol. The molecule has 2 rings (SSSR count). The van der Waals surface area contributed by atoms with Crippen molar-refractivity contribution in [3.8, 4) is 0 Å². The molecule has 1 aromatic rings. The molecule has 2 unspecified atom stereocenters. The molecule has 0 aromatic carbocycles. The predicted molar refractivity (Wildman–Crippen MR) is 79.5 cm³/mol. The Morgan fingerprint density at radius 1 is 1.25 bits per heavy atom. The summed E-state index contributed by atoms with van der Waals surface area (Å²) in [5, 5.41) is 24.8. The van der Waals surface area contributed by atoms with Gasteiger partial charge in [-0.25, -0.2) is 0 Å². The molecule has 1 heterocycles. The predicted octanol–water partition coefficient (Wildman–Crippen LogP) is 2.70. The molecular weight excluding hydrogens is 252 g/mol. The molecule has 114 valence electrons. The minimum absolute atomic E-state index is 0.314. The molecule has 0 radical (unpaired) electrons. The van der Waals surface area contributed by atoms with Gasteiger partial charge in [0.2, 0.25) is 0 Å². The molecule has 0 amide bonds. The maximum atomic E-state index is 10.1. The second-order valence-corrected chi connectivity index (χ2v) is 7.16. The first-order chi connectivity index (χ1) is 9.38. The first kappa shape index (κ1) is 15.5. The second-order valence-electron chi connectivity index (χ2n) is 7.16. The Labute approximate surface area is 121 Å². The molecule has 0 aliphatic heterocycles. The van der Waals surface area contributed by atoms with Crippen LogP contribution in [0.1, 0.15) is 64.6 Å². The van der Waals surface area contributed by atoms with Crippen LogP contribution in [0.25, 0.3) is 0 Å². The van der Waals surface area contributed by atoms with Gasteiger partial charge in [0.15, 0.2) is 0 Å². The van der Waals surface area contributed by atoms with E-state index in [1.807, 2.05) is 37.7 Å². The van der Waals surface area contributed by atoms with E-state index in [1.54, 1.807) is 0 Å². The highest BCUT2D eigenvalue weighted by atomic mass is 16.3. The molecule has 2 atom stereocenters. The maximum absolute atomic E-state index is 10.1. The van der Waals surface area contributed by atoms with Crippen molar-refractivity contribution in [3.63, 3.8) is 0 Å². The van der Waals surface area contributed by atoms with E-state index >= 15 is 0 Å². The number of hydrogen-bond donors (Lipinski definition) is 2. The number of aromatic nitrogens is 2. The van der Waals surface area contributed by atoms with Crippen LogP contribution in [0.15, 0.2) is 12.3 Å². The van der Waals surface area contributed by atoms with Gasteiger partial charge in [-0.1, -0.05) is 40.0 Å². The van der Waals surface area contributed by atoms with Crippen LogP contribution in [-0.4, -0.2) is 32.2 Å². The summed E-state index contributed by atoms with van der Waals surface area (Å²) in [6, 6.07) is 2.48. The maximum Gasteiger partial charge on any atom is 0.0860 e. The van der Waals surface area contributed by atoms with Crippen LogP contribution in [0.4, 0.5) is 0 Å². The van der Waals surface area contributed by atoms with Crippen LogP contribution in [0.5, 0.6) is 0 Å². The number of nitrogens with zero attached hydrogens (tertiary/aromatic N) is 2. The molecule has 4 nitrogen and oxygen atoms in total. The van der Waals surface area contributed by atoms with E-state index in [4.69, 9.17) is 0 Å². The first-order valence-electron chi connectivity index (χ1n) is 7.78. The molecule has 4 heteroatoms. The highest BCUT2D eigenvalue weighted by Crippen LogP contribution is 2.28. The fourth-order valence-corrected chi connectivity index (χ4v) is 2.94. The fraction of sp³-hybridized carbons (Fsp3) is 0.812. The summed E-state index contributed by atoms with van der Waals surface area (Å²) >= 11 is 0. The number of hydrogen-bond acceptors (Lipinski definition) is 3. The third-order valence-electron chi connectivity index (χ3n) is 4.28. The Kier molecular flexibility index (Phi) is 4.86. The van der Waals surface area contributed by atoms with Gasteiger partial charge in [0.25, 0.3) is 0 Å². The topological polar surface area (TPSA) is 58.3 Å². The van der Waals surface area contributed by atoms with Gasteiger partial charge in [0.05, 0.1) is 23.9 Å².